The van der Waals surface area contributed by atoms with Gasteiger partial charge in [0.25, 0.3) is 5.56 Å². The standard InChI is InChI=1S/C21H25N5O4/c1-13-5-6-22-16(11-13)25-7-9-26(10-8-25)21-23-14-12-15(28-2)18(29-3)19(30-4)17(14)20(27)24-21/h5-6,11-12H,7-10H2,1-4H3,(H,23,24,27). The maximum absolute atomic E-state index is 12.9. The number of aromatic amines is 1. The smallest absolute Gasteiger partial charge is 0.264 e. The van der Waals surface area contributed by atoms with Crippen LogP contribution in [0.15, 0.2) is 29.2 Å². The van der Waals surface area contributed by atoms with Crippen LogP contribution < -0.4 is 29.6 Å². The van der Waals surface area contributed by atoms with E-state index in [9.17, 15) is 4.79 Å². The van der Waals surface area contributed by atoms with Crippen LogP contribution in [0.25, 0.3) is 10.9 Å². The molecule has 1 aliphatic rings. The molecular formula is C21H25N5O4. The molecule has 30 heavy (non-hydrogen) atoms. The number of hydrogen-bond donors (Lipinski definition) is 1. The van der Waals surface area contributed by atoms with E-state index < -0.39 is 0 Å². The van der Waals surface area contributed by atoms with Crippen LogP contribution in [0.5, 0.6) is 17.2 Å². The fourth-order valence-corrected chi connectivity index (χ4v) is 3.75. The van der Waals surface area contributed by atoms with Crippen LogP contribution in [-0.4, -0.2) is 62.5 Å². The molecule has 3 heterocycles. The van der Waals surface area contributed by atoms with Gasteiger partial charge in [0.2, 0.25) is 11.7 Å². The molecule has 0 amide bonds. The summed E-state index contributed by atoms with van der Waals surface area (Å²) in [5.41, 5.74) is 1.39. The second-order valence-corrected chi connectivity index (χ2v) is 7.09. The molecule has 3 aromatic rings. The summed E-state index contributed by atoms with van der Waals surface area (Å²) >= 11 is 0. The fraction of sp³-hybridized carbons (Fsp3) is 0.381. The molecule has 4 rings (SSSR count). The maximum Gasteiger partial charge on any atom is 0.264 e. The number of pyridine rings is 1. The molecule has 1 aromatic carbocycles. The second-order valence-electron chi connectivity index (χ2n) is 7.09. The molecule has 0 bridgehead atoms. The van der Waals surface area contributed by atoms with Gasteiger partial charge in [-0.05, 0) is 24.6 Å². The Balaban J connectivity index is 1.65. The predicted molar refractivity (Wildman–Crippen MR) is 115 cm³/mol. The lowest BCUT2D eigenvalue weighted by atomic mass is 10.2. The summed E-state index contributed by atoms with van der Waals surface area (Å²) < 4.78 is 16.2. The van der Waals surface area contributed by atoms with E-state index in [0.717, 1.165) is 18.9 Å². The topological polar surface area (TPSA) is 92.8 Å². The summed E-state index contributed by atoms with van der Waals surface area (Å²) in [4.78, 5) is 29.2. The van der Waals surface area contributed by atoms with Crippen molar-refractivity contribution in [2.45, 2.75) is 6.92 Å². The first-order chi connectivity index (χ1) is 14.5. The Hall–Kier alpha value is -3.49. The fourth-order valence-electron chi connectivity index (χ4n) is 3.75. The molecule has 2 aromatic heterocycles. The quantitative estimate of drug-likeness (QED) is 0.681. The lowest BCUT2D eigenvalue weighted by Gasteiger charge is -2.35. The van der Waals surface area contributed by atoms with Gasteiger partial charge in [-0.2, -0.15) is 0 Å². The van der Waals surface area contributed by atoms with Crippen molar-refractivity contribution in [2.24, 2.45) is 0 Å². The first kappa shape index (κ1) is 19.8. The third-order valence-electron chi connectivity index (χ3n) is 5.29. The molecule has 0 radical (unpaired) electrons. The van der Waals surface area contributed by atoms with Gasteiger partial charge in [-0.3, -0.25) is 9.78 Å². The van der Waals surface area contributed by atoms with E-state index in [4.69, 9.17) is 14.2 Å². The number of methoxy groups -OCH3 is 3. The van der Waals surface area contributed by atoms with Gasteiger partial charge in [0.05, 0.1) is 26.8 Å². The molecule has 1 saturated heterocycles. The number of ether oxygens (including phenoxy) is 3. The van der Waals surface area contributed by atoms with Gasteiger partial charge < -0.3 is 24.0 Å². The van der Waals surface area contributed by atoms with Gasteiger partial charge in [-0.25, -0.2) is 9.97 Å². The van der Waals surface area contributed by atoms with Crippen molar-refractivity contribution in [1.29, 1.82) is 0 Å². The van der Waals surface area contributed by atoms with Crippen LogP contribution in [0, 0.1) is 6.92 Å². The summed E-state index contributed by atoms with van der Waals surface area (Å²) in [6.45, 7) is 5.06. The number of aryl methyl sites for hydroxylation is 1. The zero-order chi connectivity index (χ0) is 21.3. The highest BCUT2D eigenvalue weighted by atomic mass is 16.5. The number of nitrogens with zero attached hydrogens (tertiary/aromatic N) is 4. The van der Waals surface area contributed by atoms with Crippen molar-refractivity contribution in [3.63, 3.8) is 0 Å². The summed E-state index contributed by atoms with van der Waals surface area (Å²) in [5.74, 6) is 2.63. The van der Waals surface area contributed by atoms with E-state index in [1.54, 1.807) is 6.07 Å². The minimum atomic E-state index is -0.282. The molecule has 0 atom stereocenters. The Bertz CT molecular complexity index is 1120. The van der Waals surface area contributed by atoms with Gasteiger partial charge in [0.15, 0.2) is 11.5 Å². The van der Waals surface area contributed by atoms with Gasteiger partial charge in [-0.1, -0.05) is 0 Å². The Morgan fingerprint density at radius 3 is 2.30 bits per heavy atom. The Kier molecular flexibility index (Phi) is 5.35. The van der Waals surface area contributed by atoms with Gasteiger partial charge in [-0.15, -0.1) is 0 Å². The average Bonchev–Trinajstić information content (AvgIpc) is 2.77. The zero-order valence-corrected chi connectivity index (χ0v) is 17.6. The van der Waals surface area contributed by atoms with E-state index in [1.165, 1.54) is 26.9 Å². The summed E-state index contributed by atoms with van der Waals surface area (Å²) in [5, 5.41) is 0.335. The summed E-state index contributed by atoms with van der Waals surface area (Å²) in [7, 11) is 4.53. The predicted octanol–water partition coefficient (Wildman–Crippen LogP) is 1.98. The monoisotopic (exact) mass is 411 g/mol. The number of benzene rings is 1. The first-order valence-electron chi connectivity index (χ1n) is 9.71. The van der Waals surface area contributed by atoms with Crippen LogP contribution >= 0.6 is 0 Å². The van der Waals surface area contributed by atoms with E-state index in [1.807, 2.05) is 12.3 Å². The molecule has 0 spiro atoms. The van der Waals surface area contributed by atoms with Crippen molar-refractivity contribution < 1.29 is 14.2 Å². The molecule has 0 unspecified atom stereocenters. The van der Waals surface area contributed by atoms with Crippen LogP contribution in [0.3, 0.4) is 0 Å². The van der Waals surface area contributed by atoms with E-state index in [-0.39, 0.29) is 5.56 Å². The Morgan fingerprint density at radius 1 is 0.967 bits per heavy atom. The first-order valence-corrected chi connectivity index (χ1v) is 9.71. The Labute approximate surface area is 174 Å². The minimum absolute atomic E-state index is 0.282. The van der Waals surface area contributed by atoms with Crippen LogP contribution in [0.2, 0.25) is 0 Å². The molecule has 9 heteroatoms. The molecular weight excluding hydrogens is 386 g/mol. The van der Waals surface area contributed by atoms with Gasteiger partial charge in [0, 0.05) is 38.4 Å². The number of hydrogen-bond acceptors (Lipinski definition) is 8. The molecule has 9 nitrogen and oxygen atoms in total. The zero-order valence-electron chi connectivity index (χ0n) is 17.6. The number of anilines is 2. The lowest BCUT2D eigenvalue weighted by Crippen LogP contribution is -2.47. The van der Waals surface area contributed by atoms with E-state index >= 15 is 0 Å². The number of nitrogens with one attached hydrogen (secondary N) is 1. The van der Waals surface area contributed by atoms with Crippen molar-refractivity contribution in [3.8, 4) is 17.2 Å². The normalized spacial score (nSPS) is 14.1. The highest BCUT2D eigenvalue weighted by molar-refractivity contribution is 5.90. The molecule has 1 N–H and O–H groups in total. The highest BCUT2D eigenvalue weighted by Gasteiger charge is 2.23. The lowest BCUT2D eigenvalue weighted by molar-refractivity contribution is 0.327. The molecule has 0 saturated carbocycles. The highest BCUT2D eigenvalue weighted by Crippen LogP contribution is 2.41. The number of fused-ring (bicyclic) bond motifs is 1. The molecule has 0 aliphatic carbocycles. The third kappa shape index (κ3) is 3.47. The van der Waals surface area contributed by atoms with Crippen LogP contribution in [-0.2, 0) is 0 Å². The molecule has 1 aliphatic heterocycles. The van der Waals surface area contributed by atoms with E-state index in [2.05, 4.69) is 37.7 Å². The van der Waals surface area contributed by atoms with Crippen LogP contribution in [0.1, 0.15) is 5.56 Å². The molecule has 158 valence electrons. The van der Waals surface area contributed by atoms with Gasteiger partial charge >= 0.3 is 0 Å². The SMILES string of the molecule is COc1cc2nc(N3CCN(c4cc(C)ccn4)CC3)[nH]c(=O)c2c(OC)c1OC. The van der Waals surface area contributed by atoms with Crippen LogP contribution in [0.4, 0.5) is 11.8 Å². The minimum Gasteiger partial charge on any atom is -0.493 e. The molecule has 1 fully saturated rings. The number of H-pyrrole nitrogens is 1. The maximum atomic E-state index is 12.9. The number of aromatic nitrogens is 3. The largest absolute Gasteiger partial charge is 0.493 e. The van der Waals surface area contributed by atoms with E-state index in [0.29, 0.717) is 47.2 Å². The average molecular weight is 411 g/mol. The van der Waals surface area contributed by atoms with Gasteiger partial charge in [0.1, 0.15) is 11.2 Å². The van der Waals surface area contributed by atoms with Crippen molar-refractivity contribution in [2.75, 3.05) is 57.3 Å². The summed E-state index contributed by atoms with van der Waals surface area (Å²) in [6.07, 6.45) is 1.83. The van der Waals surface area contributed by atoms with Crippen molar-refractivity contribution in [3.05, 3.63) is 40.3 Å². The van der Waals surface area contributed by atoms with Crippen molar-refractivity contribution >= 4 is 22.7 Å². The van der Waals surface area contributed by atoms with Crippen molar-refractivity contribution in [1.82, 2.24) is 15.0 Å². The summed E-state index contributed by atoms with van der Waals surface area (Å²) in [6, 6.07) is 5.77. The Morgan fingerprint density at radius 2 is 1.67 bits per heavy atom. The number of rotatable bonds is 5. The second kappa shape index (κ2) is 8.10. The number of piperazine rings is 1. The third-order valence-corrected chi connectivity index (χ3v) is 5.29.